The number of benzene rings is 1. The van der Waals surface area contributed by atoms with Crippen LogP contribution < -0.4 is 5.32 Å². The van der Waals surface area contributed by atoms with Gasteiger partial charge in [0, 0.05) is 39.1 Å². The zero-order valence-corrected chi connectivity index (χ0v) is 15.8. The van der Waals surface area contributed by atoms with Gasteiger partial charge in [0.05, 0.1) is 11.1 Å². The molecule has 1 aliphatic heterocycles. The van der Waals surface area contributed by atoms with E-state index in [0.29, 0.717) is 25.5 Å². The molecule has 1 N–H and O–H groups in total. The maximum absolute atomic E-state index is 13.2. The van der Waals surface area contributed by atoms with Gasteiger partial charge in [0.1, 0.15) is 10.7 Å². The Balaban J connectivity index is 0.00000208. The maximum Gasteiger partial charge on any atom is 0.245 e. The number of sulfonamides is 1. The van der Waals surface area contributed by atoms with Gasteiger partial charge >= 0.3 is 0 Å². The van der Waals surface area contributed by atoms with Crippen LogP contribution in [0.5, 0.6) is 0 Å². The molecule has 1 fully saturated rings. The molecule has 1 saturated heterocycles. The van der Waals surface area contributed by atoms with Gasteiger partial charge in [-0.15, -0.1) is 12.4 Å². The molecular formula is C15H20Cl2N4O2S. The maximum atomic E-state index is 13.2. The number of imidazole rings is 1. The van der Waals surface area contributed by atoms with Crippen molar-refractivity contribution in [2.24, 2.45) is 7.05 Å². The second kappa shape index (κ2) is 7.41. The minimum absolute atomic E-state index is 0. The van der Waals surface area contributed by atoms with Crippen molar-refractivity contribution in [2.75, 3.05) is 19.6 Å². The third-order valence-corrected chi connectivity index (χ3v) is 6.41. The summed E-state index contributed by atoms with van der Waals surface area (Å²) in [7, 11) is -1.84. The number of halogens is 2. The summed E-state index contributed by atoms with van der Waals surface area (Å²) in [4.78, 5) is 4.47. The number of piperazine rings is 1. The monoisotopic (exact) mass is 390 g/mol. The predicted molar refractivity (Wildman–Crippen MR) is 96.1 cm³/mol. The van der Waals surface area contributed by atoms with Gasteiger partial charge < -0.3 is 9.88 Å². The van der Waals surface area contributed by atoms with Crippen molar-refractivity contribution in [3.8, 4) is 0 Å². The lowest BCUT2D eigenvalue weighted by Gasteiger charge is -2.34. The summed E-state index contributed by atoms with van der Waals surface area (Å²) in [5.74, 6) is 0.713. The minimum atomic E-state index is -3.70. The number of rotatable bonds is 3. The number of aryl methyl sites for hydroxylation is 2. The zero-order valence-electron chi connectivity index (χ0n) is 13.4. The van der Waals surface area contributed by atoms with Crippen molar-refractivity contribution in [1.29, 1.82) is 0 Å². The normalized spacial score (nSPS) is 19.0. The smallest absolute Gasteiger partial charge is 0.245 e. The lowest BCUT2D eigenvalue weighted by Crippen LogP contribution is -2.49. The molecule has 9 heteroatoms. The fourth-order valence-corrected chi connectivity index (χ4v) is 4.97. The highest BCUT2D eigenvalue weighted by Crippen LogP contribution is 2.31. The van der Waals surface area contributed by atoms with Crippen LogP contribution in [0, 0.1) is 6.92 Å². The number of aromatic nitrogens is 2. The first kappa shape index (κ1) is 19.2. The van der Waals surface area contributed by atoms with Crippen LogP contribution in [0.1, 0.15) is 17.4 Å². The summed E-state index contributed by atoms with van der Waals surface area (Å²) in [5, 5.41) is 3.48. The molecule has 0 aliphatic carbocycles. The molecule has 0 spiro atoms. The van der Waals surface area contributed by atoms with Crippen molar-refractivity contribution >= 4 is 34.0 Å². The van der Waals surface area contributed by atoms with E-state index in [1.165, 1.54) is 4.31 Å². The van der Waals surface area contributed by atoms with Crippen molar-refractivity contribution in [3.05, 3.63) is 47.0 Å². The summed E-state index contributed by atoms with van der Waals surface area (Å²) < 4.78 is 29.6. The quantitative estimate of drug-likeness (QED) is 0.871. The molecule has 3 rings (SSSR count). The summed E-state index contributed by atoms with van der Waals surface area (Å²) in [6, 6.07) is 4.69. The van der Waals surface area contributed by atoms with Gasteiger partial charge in [-0.1, -0.05) is 17.7 Å². The van der Waals surface area contributed by atoms with E-state index in [1.54, 1.807) is 24.4 Å². The van der Waals surface area contributed by atoms with E-state index in [4.69, 9.17) is 11.6 Å². The molecular weight excluding hydrogens is 371 g/mol. The van der Waals surface area contributed by atoms with Crippen LogP contribution in [0.4, 0.5) is 0 Å². The number of nitrogens with one attached hydrogen (secondary N) is 1. The van der Waals surface area contributed by atoms with Crippen LogP contribution in [0.2, 0.25) is 5.02 Å². The Morgan fingerprint density at radius 1 is 1.38 bits per heavy atom. The Labute approximate surface area is 153 Å². The third kappa shape index (κ3) is 3.45. The lowest BCUT2D eigenvalue weighted by atomic mass is 10.2. The van der Waals surface area contributed by atoms with Gasteiger partial charge in [-0.3, -0.25) is 0 Å². The fraction of sp³-hybridized carbons (Fsp3) is 0.400. The highest BCUT2D eigenvalue weighted by molar-refractivity contribution is 7.89. The summed E-state index contributed by atoms with van der Waals surface area (Å²) in [6.07, 6.45) is 3.49. The largest absolute Gasteiger partial charge is 0.337 e. The molecule has 24 heavy (non-hydrogen) atoms. The number of hydrogen-bond acceptors (Lipinski definition) is 4. The molecule has 0 amide bonds. The van der Waals surface area contributed by atoms with Gasteiger partial charge in [-0.05, 0) is 24.6 Å². The fourth-order valence-electron chi connectivity index (χ4n) is 2.83. The summed E-state index contributed by atoms with van der Waals surface area (Å²) in [5.41, 5.74) is 0.858. The first-order valence-electron chi connectivity index (χ1n) is 7.37. The van der Waals surface area contributed by atoms with E-state index in [1.807, 2.05) is 24.7 Å². The third-order valence-electron chi connectivity index (χ3n) is 4.02. The van der Waals surface area contributed by atoms with Gasteiger partial charge in [0.15, 0.2) is 0 Å². The highest BCUT2D eigenvalue weighted by Gasteiger charge is 2.37. The zero-order chi connectivity index (χ0) is 16.6. The average molecular weight is 391 g/mol. The Morgan fingerprint density at radius 2 is 2.12 bits per heavy atom. The van der Waals surface area contributed by atoms with E-state index in [9.17, 15) is 8.42 Å². The Kier molecular flexibility index (Phi) is 5.93. The topological polar surface area (TPSA) is 67.2 Å². The van der Waals surface area contributed by atoms with Crippen LogP contribution in [0.25, 0.3) is 0 Å². The van der Waals surface area contributed by atoms with Gasteiger partial charge in [0.2, 0.25) is 10.0 Å². The van der Waals surface area contributed by atoms with Crippen LogP contribution >= 0.6 is 24.0 Å². The molecule has 2 aromatic rings. The van der Waals surface area contributed by atoms with Crippen molar-refractivity contribution in [1.82, 2.24) is 19.2 Å². The van der Waals surface area contributed by atoms with Gasteiger partial charge in [0.25, 0.3) is 0 Å². The van der Waals surface area contributed by atoms with Crippen molar-refractivity contribution in [2.45, 2.75) is 17.9 Å². The SMILES string of the molecule is Cc1ccc(Cl)c(S(=O)(=O)N2CCNCC2c2nccn2C)c1.Cl. The summed E-state index contributed by atoms with van der Waals surface area (Å²) >= 11 is 6.16. The molecule has 1 unspecified atom stereocenters. The minimum Gasteiger partial charge on any atom is -0.337 e. The molecule has 6 nitrogen and oxygen atoms in total. The molecule has 0 bridgehead atoms. The van der Waals surface area contributed by atoms with Crippen LogP contribution in [0.15, 0.2) is 35.5 Å². The van der Waals surface area contributed by atoms with Crippen molar-refractivity contribution in [3.63, 3.8) is 0 Å². The average Bonchev–Trinajstić information content (AvgIpc) is 2.95. The first-order valence-corrected chi connectivity index (χ1v) is 9.19. The van der Waals surface area contributed by atoms with E-state index < -0.39 is 10.0 Å². The molecule has 0 radical (unpaired) electrons. The van der Waals surface area contributed by atoms with Gasteiger partial charge in [-0.2, -0.15) is 4.31 Å². The van der Waals surface area contributed by atoms with E-state index in [2.05, 4.69) is 10.3 Å². The van der Waals surface area contributed by atoms with E-state index in [-0.39, 0.29) is 28.4 Å². The number of hydrogen-bond donors (Lipinski definition) is 1. The molecule has 1 aromatic carbocycles. The van der Waals surface area contributed by atoms with Crippen molar-refractivity contribution < 1.29 is 8.42 Å². The van der Waals surface area contributed by atoms with Crippen LogP contribution in [-0.2, 0) is 17.1 Å². The van der Waals surface area contributed by atoms with E-state index >= 15 is 0 Å². The molecule has 1 aliphatic rings. The van der Waals surface area contributed by atoms with Crippen LogP contribution in [0.3, 0.4) is 0 Å². The molecule has 132 valence electrons. The van der Waals surface area contributed by atoms with E-state index in [0.717, 1.165) is 5.56 Å². The molecule has 1 aromatic heterocycles. The summed E-state index contributed by atoms with van der Waals surface area (Å²) in [6.45, 7) is 3.35. The highest BCUT2D eigenvalue weighted by atomic mass is 35.5. The molecule has 0 saturated carbocycles. The second-order valence-corrected chi connectivity index (χ2v) is 7.93. The standard InChI is InChI=1S/C15H19ClN4O2S.ClH/c1-11-3-4-12(16)14(9-11)23(21,22)20-8-5-17-10-13(20)15-18-6-7-19(15)2;/h3-4,6-7,9,13,17H,5,8,10H2,1-2H3;1H. The van der Waals surface area contributed by atoms with Crippen LogP contribution in [-0.4, -0.2) is 41.9 Å². The number of nitrogens with zero attached hydrogens (tertiary/aromatic N) is 3. The first-order chi connectivity index (χ1) is 10.9. The second-order valence-electron chi connectivity index (χ2n) is 5.67. The Morgan fingerprint density at radius 3 is 2.79 bits per heavy atom. The lowest BCUT2D eigenvalue weighted by molar-refractivity contribution is 0.258. The van der Waals surface area contributed by atoms with Gasteiger partial charge in [-0.25, -0.2) is 13.4 Å². The Bertz CT molecular complexity index is 823. The molecule has 2 heterocycles. The molecule has 1 atom stereocenters. The predicted octanol–water partition coefficient (Wildman–Crippen LogP) is 2.14. The Hall–Kier alpha value is -1.12.